The highest BCUT2D eigenvalue weighted by molar-refractivity contribution is 8.57. The second-order valence-corrected chi connectivity index (χ2v) is 14.1. The van der Waals surface area contributed by atoms with E-state index in [4.69, 9.17) is 39.5 Å². The van der Waals surface area contributed by atoms with E-state index in [0.717, 1.165) is 11.4 Å². The Morgan fingerprint density at radius 2 is 1.87 bits per heavy atom. The molecule has 0 aromatic rings. The Morgan fingerprint density at radius 3 is 2.26 bits per heavy atom. The summed E-state index contributed by atoms with van der Waals surface area (Å²) in [6.45, 7) is 0.670. The summed E-state index contributed by atoms with van der Waals surface area (Å²) < 4.78 is 40.4. The molecule has 0 radical (unpaired) electrons. The standard InChI is InChI=1S/C10H20Cl3N2O5PS2/c1-4-7-22-21(17,14-5-2)15(8-9(16)20-6-3)23(18,19)10(11,12)13/h4-8H2,1-3H3,(H,14,17). The van der Waals surface area contributed by atoms with E-state index in [2.05, 4.69) is 5.09 Å². The van der Waals surface area contributed by atoms with E-state index in [9.17, 15) is 17.8 Å². The molecule has 0 saturated carbocycles. The van der Waals surface area contributed by atoms with Crippen molar-refractivity contribution in [3.8, 4) is 0 Å². The third kappa shape index (κ3) is 6.90. The Balaban J connectivity index is 5.90. The molecule has 0 spiro atoms. The fraction of sp³-hybridized carbons (Fsp3) is 0.900. The molecular weight excluding hydrogens is 430 g/mol. The van der Waals surface area contributed by atoms with Gasteiger partial charge in [-0.25, -0.2) is 13.5 Å². The normalized spacial score (nSPS) is 15.4. The van der Waals surface area contributed by atoms with Gasteiger partial charge in [-0.2, -0.15) is 0 Å². The van der Waals surface area contributed by atoms with Gasteiger partial charge in [0.15, 0.2) is 0 Å². The lowest BCUT2D eigenvalue weighted by Crippen LogP contribution is -2.42. The number of ether oxygens (including phenoxy) is 1. The summed E-state index contributed by atoms with van der Waals surface area (Å²) in [4.78, 5) is 11.7. The highest BCUT2D eigenvalue weighted by Gasteiger charge is 2.51. The van der Waals surface area contributed by atoms with Gasteiger partial charge in [-0.3, -0.25) is 9.36 Å². The van der Waals surface area contributed by atoms with Gasteiger partial charge in [0.05, 0.1) is 6.61 Å². The van der Waals surface area contributed by atoms with Gasteiger partial charge in [-0.15, -0.1) is 4.08 Å². The quantitative estimate of drug-likeness (QED) is 0.310. The maximum Gasteiger partial charge on any atom is 0.321 e. The molecule has 0 aliphatic rings. The molecule has 0 aromatic carbocycles. The molecule has 0 bridgehead atoms. The van der Waals surface area contributed by atoms with Gasteiger partial charge in [0.25, 0.3) is 16.7 Å². The molecule has 13 heteroatoms. The number of carbonyl (C=O) groups is 1. The van der Waals surface area contributed by atoms with Crippen LogP contribution >= 0.6 is 52.8 Å². The molecule has 0 aromatic heterocycles. The Bertz CT molecular complexity index is 541. The van der Waals surface area contributed by atoms with E-state index >= 15 is 0 Å². The lowest BCUT2D eigenvalue weighted by atomic mass is 10.6. The van der Waals surface area contributed by atoms with Crippen molar-refractivity contribution in [3.05, 3.63) is 0 Å². The van der Waals surface area contributed by atoms with Crippen LogP contribution in [0.2, 0.25) is 0 Å². The smallest absolute Gasteiger partial charge is 0.321 e. The molecule has 1 N–H and O–H groups in total. The fourth-order valence-corrected chi connectivity index (χ4v) is 9.96. The van der Waals surface area contributed by atoms with Crippen LogP contribution in [0.4, 0.5) is 0 Å². The SMILES string of the molecule is CCCSP(=O)(NCC)N(CC(=O)OCC)S(=O)(=O)C(Cl)(Cl)Cl. The van der Waals surface area contributed by atoms with Gasteiger partial charge in [-0.1, -0.05) is 60.0 Å². The van der Waals surface area contributed by atoms with Crippen LogP contribution in [0.5, 0.6) is 0 Å². The van der Waals surface area contributed by atoms with Crippen LogP contribution in [0.25, 0.3) is 0 Å². The molecule has 0 rings (SSSR count). The number of hydrogen-bond donors (Lipinski definition) is 1. The molecule has 0 aliphatic heterocycles. The Kier molecular flexibility index (Phi) is 10.4. The lowest BCUT2D eigenvalue weighted by Gasteiger charge is -2.31. The summed E-state index contributed by atoms with van der Waals surface area (Å²) in [6, 6.07) is 0. The average molecular weight is 450 g/mol. The molecule has 138 valence electrons. The van der Waals surface area contributed by atoms with Crippen LogP contribution in [0.1, 0.15) is 27.2 Å². The second kappa shape index (κ2) is 10.1. The monoisotopic (exact) mass is 448 g/mol. The van der Waals surface area contributed by atoms with Gasteiger partial charge >= 0.3 is 9.09 Å². The molecule has 7 nitrogen and oxygen atoms in total. The number of nitrogens with zero attached hydrogens (tertiary/aromatic N) is 1. The van der Waals surface area contributed by atoms with Crippen LogP contribution in [-0.2, 0) is 24.1 Å². The minimum atomic E-state index is -4.68. The lowest BCUT2D eigenvalue weighted by molar-refractivity contribution is -0.142. The largest absolute Gasteiger partial charge is 0.465 e. The van der Waals surface area contributed by atoms with Gasteiger partial charge in [-0.05, 0) is 13.3 Å². The van der Waals surface area contributed by atoms with E-state index in [1.165, 1.54) is 0 Å². The van der Waals surface area contributed by atoms with Gasteiger partial charge < -0.3 is 4.74 Å². The van der Waals surface area contributed by atoms with Crippen LogP contribution in [0, 0.1) is 0 Å². The zero-order valence-corrected chi connectivity index (χ0v) is 17.7. The van der Waals surface area contributed by atoms with Crippen LogP contribution in [0.15, 0.2) is 0 Å². The third-order valence-corrected chi connectivity index (χ3v) is 11.9. The Morgan fingerprint density at radius 1 is 1.30 bits per heavy atom. The van der Waals surface area contributed by atoms with Crippen molar-refractivity contribution in [2.24, 2.45) is 0 Å². The van der Waals surface area contributed by atoms with E-state index in [0.29, 0.717) is 16.2 Å². The van der Waals surface area contributed by atoms with Crippen molar-refractivity contribution in [1.82, 2.24) is 9.16 Å². The van der Waals surface area contributed by atoms with Crippen molar-refractivity contribution >= 4 is 68.8 Å². The molecule has 0 amide bonds. The zero-order valence-electron chi connectivity index (χ0n) is 12.9. The summed E-state index contributed by atoms with van der Waals surface area (Å²) in [5.74, 6) is -0.501. The number of carbonyl (C=O) groups excluding carboxylic acids is 1. The van der Waals surface area contributed by atoms with Crippen molar-refractivity contribution < 1.29 is 22.5 Å². The third-order valence-electron chi connectivity index (χ3n) is 2.26. The van der Waals surface area contributed by atoms with Crippen LogP contribution < -0.4 is 5.09 Å². The number of halogens is 3. The first-order valence-electron chi connectivity index (χ1n) is 6.71. The van der Waals surface area contributed by atoms with Crippen LogP contribution in [0.3, 0.4) is 0 Å². The Labute approximate surface area is 156 Å². The predicted molar refractivity (Wildman–Crippen MR) is 96.6 cm³/mol. The van der Waals surface area contributed by atoms with E-state index in [1.807, 2.05) is 6.92 Å². The average Bonchev–Trinajstić information content (AvgIpc) is 2.41. The summed E-state index contributed by atoms with van der Waals surface area (Å²) >= 11 is 17.4. The molecule has 0 heterocycles. The topological polar surface area (TPSA) is 92.8 Å². The maximum absolute atomic E-state index is 13.1. The minimum Gasteiger partial charge on any atom is -0.465 e. The molecular formula is C10H20Cl3N2O5PS2. The molecule has 0 saturated heterocycles. The first kappa shape index (κ1) is 23.8. The molecule has 23 heavy (non-hydrogen) atoms. The number of nitrogens with one attached hydrogen (secondary N) is 1. The molecule has 0 aliphatic carbocycles. The van der Waals surface area contributed by atoms with Crippen molar-refractivity contribution in [1.29, 1.82) is 0 Å². The van der Waals surface area contributed by atoms with Crippen molar-refractivity contribution in [2.75, 3.05) is 25.4 Å². The summed E-state index contributed by atoms with van der Waals surface area (Å²) in [6.07, 6.45) is 0.640. The first-order chi connectivity index (χ1) is 10.5. The molecule has 1 unspecified atom stereocenters. The number of esters is 1. The Hall–Kier alpha value is 0.790. The van der Waals surface area contributed by atoms with Gasteiger partial charge in [0.2, 0.25) is 0 Å². The van der Waals surface area contributed by atoms with E-state index in [-0.39, 0.29) is 13.2 Å². The first-order valence-corrected chi connectivity index (χ1v) is 12.5. The zero-order chi connectivity index (χ0) is 18.3. The summed E-state index contributed by atoms with van der Waals surface area (Å²) in [5.41, 5.74) is 0. The van der Waals surface area contributed by atoms with Crippen molar-refractivity contribution in [2.45, 2.75) is 30.3 Å². The number of alkyl halides is 3. The van der Waals surface area contributed by atoms with E-state index < -0.39 is 32.3 Å². The van der Waals surface area contributed by atoms with Gasteiger partial charge in [0.1, 0.15) is 6.54 Å². The second-order valence-electron chi connectivity index (χ2n) is 4.10. The van der Waals surface area contributed by atoms with Gasteiger partial charge in [0, 0.05) is 12.3 Å². The maximum atomic E-state index is 13.1. The summed E-state index contributed by atoms with van der Waals surface area (Å²) in [5, 5.41) is 2.60. The predicted octanol–water partition coefficient (Wildman–Crippen LogP) is 3.37. The van der Waals surface area contributed by atoms with Crippen molar-refractivity contribution in [3.63, 3.8) is 0 Å². The number of hydrogen-bond acceptors (Lipinski definition) is 6. The number of sulfonamides is 1. The molecule has 1 atom stereocenters. The number of rotatable bonds is 10. The highest BCUT2D eigenvalue weighted by atomic mass is 35.6. The highest BCUT2D eigenvalue weighted by Crippen LogP contribution is 2.61. The van der Waals surface area contributed by atoms with E-state index in [1.54, 1.807) is 13.8 Å². The minimum absolute atomic E-state index is 0.0358. The fourth-order valence-electron chi connectivity index (χ4n) is 1.36. The summed E-state index contributed by atoms with van der Waals surface area (Å²) in [7, 11) is -4.68. The van der Waals surface area contributed by atoms with Crippen LogP contribution in [-0.4, -0.2) is 47.0 Å². The molecule has 0 fully saturated rings.